The molecule has 0 atom stereocenters. The maximum atomic E-state index is 11.1. The van der Waals surface area contributed by atoms with E-state index in [-0.39, 0.29) is 12.5 Å². The molecule has 0 aliphatic carbocycles. The van der Waals surface area contributed by atoms with Crippen molar-refractivity contribution in [3.05, 3.63) is 23.7 Å². The molecule has 5 nitrogen and oxygen atoms in total. The molecule has 2 aromatic heterocycles. The second-order valence-electron chi connectivity index (χ2n) is 4.82. The molecular formula is C14H19N3O2. The molecule has 0 saturated heterocycles. The third-order valence-corrected chi connectivity index (χ3v) is 3.40. The Kier molecular flexibility index (Phi) is 3.83. The van der Waals surface area contributed by atoms with Crippen LogP contribution in [0.4, 0.5) is 0 Å². The number of fused-ring (bicyclic) bond motifs is 1. The van der Waals surface area contributed by atoms with Crippen LogP contribution in [0.3, 0.4) is 0 Å². The van der Waals surface area contributed by atoms with Crippen LogP contribution in [0.25, 0.3) is 11.2 Å². The Morgan fingerprint density at radius 1 is 1.42 bits per heavy atom. The summed E-state index contributed by atoms with van der Waals surface area (Å²) < 4.78 is 1.73. The van der Waals surface area contributed by atoms with Gasteiger partial charge in [-0.15, -0.1) is 0 Å². The lowest BCUT2D eigenvalue weighted by Crippen LogP contribution is -2.14. The van der Waals surface area contributed by atoms with E-state index in [9.17, 15) is 4.79 Å². The third-order valence-electron chi connectivity index (χ3n) is 3.40. The van der Waals surface area contributed by atoms with Crippen molar-refractivity contribution in [2.24, 2.45) is 0 Å². The van der Waals surface area contributed by atoms with Gasteiger partial charge in [-0.2, -0.15) is 0 Å². The fraction of sp³-hybridized carbons (Fsp3) is 0.500. The summed E-state index contributed by atoms with van der Waals surface area (Å²) in [5.41, 5.74) is 2.47. The Balaban J connectivity index is 2.63. The third kappa shape index (κ3) is 2.59. The van der Waals surface area contributed by atoms with E-state index in [0.717, 1.165) is 29.7 Å². The van der Waals surface area contributed by atoms with Crippen LogP contribution in [-0.4, -0.2) is 25.6 Å². The van der Waals surface area contributed by atoms with Gasteiger partial charge in [0.25, 0.3) is 0 Å². The number of rotatable bonds is 5. The molecule has 2 rings (SSSR count). The summed E-state index contributed by atoms with van der Waals surface area (Å²) in [5, 5.41) is 9.07. The highest BCUT2D eigenvalue weighted by Crippen LogP contribution is 2.26. The lowest BCUT2D eigenvalue weighted by Gasteiger charge is -2.13. The van der Waals surface area contributed by atoms with E-state index in [4.69, 9.17) is 5.11 Å². The van der Waals surface area contributed by atoms with Gasteiger partial charge in [-0.1, -0.05) is 13.8 Å². The minimum Gasteiger partial charge on any atom is -0.480 e. The normalized spacial score (nSPS) is 11.4. The zero-order valence-electron chi connectivity index (χ0n) is 11.6. The molecule has 0 bridgehead atoms. The molecular weight excluding hydrogens is 242 g/mol. The van der Waals surface area contributed by atoms with Crippen molar-refractivity contribution >= 4 is 17.1 Å². The highest BCUT2D eigenvalue weighted by atomic mass is 16.4. The zero-order chi connectivity index (χ0) is 14.0. The highest BCUT2D eigenvalue weighted by Gasteiger charge is 2.19. The number of nitrogens with zero attached hydrogens (tertiary/aromatic N) is 3. The first kappa shape index (κ1) is 13.5. The smallest absolute Gasteiger partial charge is 0.323 e. The maximum absolute atomic E-state index is 11.1. The molecule has 5 heteroatoms. The Morgan fingerprint density at radius 3 is 2.68 bits per heavy atom. The van der Waals surface area contributed by atoms with Crippen LogP contribution >= 0.6 is 0 Å². The average Bonchev–Trinajstić information content (AvgIpc) is 2.68. The second-order valence-corrected chi connectivity index (χ2v) is 4.82. The van der Waals surface area contributed by atoms with Crippen molar-refractivity contribution in [3.63, 3.8) is 0 Å². The van der Waals surface area contributed by atoms with E-state index >= 15 is 0 Å². The van der Waals surface area contributed by atoms with E-state index in [1.54, 1.807) is 10.8 Å². The van der Waals surface area contributed by atoms with E-state index < -0.39 is 5.97 Å². The molecule has 0 fully saturated rings. The minimum absolute atomic E-state index is 0.0849. The summed E-state index contributed by atoms with van der Waals surface area (Å²) in [5.74, 6) is 0.239. The molecule has 0 unspecified atom stereocenters. The van der Waals surface area contributed by atoms with Crippen LogP contribution in [0, 0.1) is 6.92 Å². The lowest BCUT2D eigenvalue weighted by atomic mass is 10.0. The second kappa shape index (κ2) is 5.38. The van der Waals surface area contributed by atoms with E-state index in [1.165, 1.54) is 0 Å². The first-order valence-electron chi connectivity index (χ1n) is 6.61. The van der Waals surface area contributed by atoms with Crippen molar-refractivity contribution in [1.82, 2.24) is 14.5 Å². The van der Waals surface area contributed by atoms with Crippen molar-refractivity contribution in [2.75, 3.05) is 0 Å². The fourth-order valence-corrected chi connectivity index (χ4v) is 2.39. The van der Waals surface area contributed by atoms with Gasteiger partial charge in [0, 0.05) is 12.1 Å². The largest absolute Gasteiger partial charge is 0.480 e. The fourth-order valence-electron chi connectivity index (χ4n) is 2.39. The van der Waals surface area contributed by atoms with Crippen molar-refractivity contribution < 1.29 is 9.90 Å². The average molecular weight is 261 g/mol. The number of hydrogen-bond donors (Lipinski definition) is 1. The first-order valence-corrected chi connectivity index (χ1v) is 6.61. The number of pyridine rings is 1. The number of hydrogen-bond acceptors (Lipinski definition) is 3. The van der Waals surface area contributed by atoms with Gasteiger partial charge in [0.2, 0.25) is 0 Å². The van der Waals surface area contributed by atoms with Crippen molar-refractivity contribution in [3.8, 4) is 0 Å². The topological polar surface area (TPSA) is 68.0 Å². The summed E-state index contributed by atoms with van der Waals surface area (Å²) in [7, 11) is 0. The molecule has 0 spiro atoms. The molecule has 0 aromatic carbocycles. The number of aromatic nitrogens is 3. The van der Waals surface area contributed by atoms with Crippen LogP contribution in [0.5, 0.6) is 0 Å². The molecule has 0 amide bonds. The Bertz CT molecular complexity index is 600. The quantitative estimate of drug-likeness (QED) is 0.898. The maximum Gasteiger partial charge on any atom is 0.323 e. The Hall–Kier alpha value is -1.91. The number of carboxylic acid groups (broad SMARTS) is 1. The van der Waals surface area contributed by atoms with Gasteiger partial charge in [-0.05, 0) is 31.4 Å². The summed E-state index contributed by atoms with van der Waals surface area (Å²) in [4.78, 5) is 20.0. The standard InChI is InChI=1S/C14H19N3O2/c1-4-10(5-2)13-16-11-6-9(3)7-15-14(11)17(13)8-12(18)19/h6-7,10H,4-5,8H2,1-3H3,(H,18,19). The van der Waals surface area contributed by atoms with Crippen LogP contribution in [0.1, 0.15) is 44.0 Å². The van der Waals surface area contributed by atoms with Crippen molar-refractivity contribution in [1.29, 1.82) is 0 Å². The molecule has 2 aromatic rings. The van der Waals surface area contributed by atoms with Gasteiger partial charge in [0.15, 0.2) is 5.65 Å². The molecule has 0 aliphatic rings. The van der Waals surface area contributed by atoms with Crippen molar-refractivity contribution in [2.45, 2.75) is 46.1 Å². The number of carbonyl (C=O) groups is 1. The zero-order valence-corrected chi connectivity index (χ0v) is 11.6. The van der Waals surface area contributed by atoms with Crippen LogP contribution in [0.15, 0.2) is 12.3 Å². The monoisotopic (exact) mass is 261 g/mol. The number of aliphatic carboxylic acids is 1. The van der Waals surface area contributed by atoms with Gasteiger partial charge in [0.1, 0.15) is 17.9 Å². The molecule has 0 aliphatic heterocycles. The molecule has 102 valence electrons. The molecule has 19 heavy (non-hydrogen) atoms. The number of imidazole rings is 1. The van der Waals surface area contributed by atoms with Gasteiger partial charge in [-0.3, -0.25) is 4.79 Å². The summed E-state index contributed by atoms with van der Waals surface area (Å²) in [6, 6.07) is 1.95. The van der Waals surface area contributed by atoms with Gasteiger partial charge >= 0.3 is 5.97 Å². The first-order chi connectivity index (χ1) is 9.06. The Morgan fingerprint density at radius 2 is 2.11 bits per heavy atom. The summed E-state index contributed by atoms with van der Waals surface area (Å²) in [6.07, 6.45) is 3.63. The number of aryl methyl sites for hydroxylation is 1. The van der Waals surface area contributed by atoms with Crippen LogP contribution in [0.2, 0.25) is 0 Å². The van der Waals surface area contributed by atoms with Crippen LogP contribution < -0.4 is 0 Å². The number of carboxylic acids is 1. The lowest BCUT2D eigenvalue weighted by molar-refractivity contribution is -0.137. The predicted octanol–water partition coefficient (Wildman–Crippen LogP) is 2.73. The van der Waals surface area contributed by atoms with Gasteiger partial charge < -0.3 is 9.67 Å². The SMILES string of the molecule is CCC(CC)c1nc2cc(C)cnc2n1CC(=O)O. The molecule has 0 radical (unpaired) electrons. The Labute approximate surface area is 112 Å². The van der Waals surface area contributed by atoms with Gasteiger partial charge in [-0.25, -0.2) is 9.97 Å². The van der Waals surface area contributed by atoms with E-state index in [1.807, 2.05) is 13.0 Å². The highest BCUT2D eigenvalue weighted by molar-refractivity contribution is 5.75. The van der Waals surface area contributed by atoms with Crippen LogP contribution in [-0.2, 0) is 11.3 Å². The van der Waals surface area contributed by atoms with Gasteiger partial charge in [0.05, 0.1) is 0 Å². The predicted molar refractivity (Wildman–Crippen MR) is 73.2 cm³/mol. The molecule has 0 saturated carbocycles. The summed E-state index contributed by atoms with van der Waals surface area (Å²) in [6.45, 7) is 6.06. The van der Waals surface area contributed by atoms with E-state index in [2.05, 4.69) is 23.8 Å². The minimum atomic E-state index is -0.867. The summed E-state index contributed by atoms with van der Waals surface area (Å²) >= 11 is 0. The van der Waals surface area contributed by atoms with E-state index in [0.29, 0.717) is 5.65 Å². The molecule has 2 heterocycles. The molecule has 1 N–H and O–H groups in total.